The Balaban J connectivity index is 1.91. The number of benzene rings is 1. The van der Waals surface area contributed by atoms with Crippen molar-refractivity contribution in [3.8, 4) is 11.1 Å². The van der Waals surface area contributed by atoms with Crippen LogP contribution in [0.1, 0.15) is 5.56 Å². The molecule has 0 spiro atoms. The molecule has 2 heterocycles. The lowest BCUT2D eigenvalue weighted by molar-refractivity contribution is -0.137. The van der Waals surface area contributed by atoms with E-state index in [9.17, 15) is 13.2 Å². The van der Waals surface area contributed by atoms with Gasteiger partial charge in [0.1, 0.15) is 11.6 Å². The van der Waals surface area contributed by atoms with E-state index in [1.165, 1.54) is 12.1 Å². The van der Waals surface area contributed by atoms with E-state index in [-0.39, 0.29) is 0 Å². The number of alkyl halides is 3. The molecular weight excluding hydrogens is 317 g/mol. The van der Waals surface area contributed by atoms with Gasteiger partial charge in [-0.3, -0.25) is 0 Å². The molecule has 0 atom stereocenters. The number of rotatable bonds is 3. The third-order valence-electron chi connectivity index (χ3n) is 3.37. The van der Waals surface area contributed by atoms with Gasteiger partial charge >= 0.3 is 6.18 Å². The highest BCUT2D eigenvalue weighted by molar-refractivity contribution is 5.79. The first kappa shape index (κ1) is 15.8. The first-order valence-electron chi connectivity index (χ1n) is 7.05. The Morgan fingerprint density at radius 2 is 1.67 bits per heavy atom. The van der Waals surface area contributed by atoms with Gasteiger partial charge in [0.05, 0.1) is 5.56 Å². The van der Waals surface area contributed by atoms with Gasteiger partial charge in [0.2, 0.25) is 0 Å². The Labute approximate surface area is 136 Å². The van der Waals surface area contributed by atoms with Crippen molar-refractivity contribution in [2.45, 2.75) is 6.18 Å². The van der Waals surface area contributed by atoms with Gasteiger partial charge in [-0.25, -0.2) is 9.97 Å². The zero-order chi connectivity index (χ0) is 17.2. The minimum Gasteiger partial charge on any atom is -0.384 e. The van der Waals surface area contributed by atoms with Crippen molar-refractivity contribution in [3.05, 3.63) is 66.5 Å². The summed E-state index contributed by atoms with van der Waals surface area (Å²) in [5.41, 5.74) is 7.08. The van der Waals surface area contributed by atoms with E-state index in [0.29, 0.717) is 17.3 Å². The minimum atomic E-state index is -4.36. The van der Waals surface area contributed by atoms with Crippen LogP contribution in [0.15, 0.2) is 60.9 Å². The van der Waals surface area contributed by atoms with E-state index >= 15 is 0 Å². The largest absolute Gasteiger partial charge is 0.416 e. The fourth-order valence-electron chi connectivity index (χ4n) is 2.23. The van der Waals surface area contributed by atoms with Crippen LogP contribution in [0.3, 0.4) is 0 Å². The highest BCUT2D eigenvalue weighted by Crippen LogP contribution is 2.32. The second kappa shape index (κ2) is 6.19. The van der Waals surface area contributed by atoms with Crippen LogP contribution in [0, 0.1) is 0 Å². The summed E-state index contributed by atoms with van der Waals surface area (Å²) in [6.07, 6.45) is -1.18. The number of halogens is 3. The third-order valence-corrected chi connectivity index (χ3v) is 3.37. The van der Waals surface area contributed by atoms with Crippen LogP contribution < -0.4 is 11.1 Å². The van der Waals surface area contributed by atoms with E-state index in [1.807, 2.05) is 6.07 Å². The van der Waals surface area contributed by atoms with Crippen molar-refractivity contribution in [2.75, 3.05) is 11.1 Å². The fourth-order valence-corrected chi connectivity index (χ4v) is 2.23. The quantitative estimate of drug-likeness (QED) is 0.743. The Hall–Kier alpha value is -3.09. The number of nitrogens with one attached hydrogen (secondary N) is 1. The van der Waals surface area contributed by atoms with Gasteiger partial charge in [-0.15, -0.1) is 0 Å². The molecule has 0 amide bonds. The highest BCUT2D eigenvalue weighted by Gasteiger charge is 2.29. The molecule has 0 aliphatic rings. The van der Waals surface area contributed by atoms with Gasteiger partial charge in [0.15, 0.2) is 0 Å². The number of nitrogens with two attached hydrogens (primary N) is 1. The van der Waals surface area contributed by atoms with E-state index in [1.54, 1.807) is 30.6 Å². The number of anilines is 3. The summed E-state index contributed by atoms with van der Waals surface area (Å²) in [7, 11) is 0. The monoisotopic (exact) mass is 330 g/mol. The molecular formula is C17H13F3N4. The molecule has 4 nitrogen and oxygen atoms in total. The molecule has 0 fully saturated rings. The minimum absolute atomic E-state index is 0.372. The lowest BCUT2D eigenvalue weighted by Gasteiger charge is -2.12. The van der Waals surface area contributed by atoms with Crippen molar-refractivity contribution in [1.82, 2.24) is 9.97 Å². The number of pyridine rings is 2. The number of nitrogens with zero attached hydrogens (tertiary/aromatic N) is 2. The summed E-state index contributed by atoms with van der Waals surface area (Å²) >= 11 is 0. The molecule has 24 heavy (non-hydrogen) atoms. The average molecular weight is 330 g/mol. The SMILES string of the molecule is Nc1cc(-c2cccnc2Nc2ccc(C(F)(F)F)cc2)ccn1. The van der Waals surface area contributed by atoms with Gasteiger partial charge in [-0.2, -0.15) is 13.2 Å². The first-order valence-corrected chi connectivity index (χ1v) is 7.05. The number of hydrogen-bond donors (Lipinski definition) is 2. The molecule has 0 saturated heterocycles. The summed E-state index contributed by atoms with van der Waals surface area (Å²) in [6, 6.07) is 11.9. The zero-order valence-corrected chi connectivity index (χ0v) is 12.4. The molecule has 2 aromatic heterocycles. The van der Waals surface area contributed by atoms with Crippen LogP contribution in [0.5, 0.6) is 0 Å². The van der Waals surface area contributed by atoms with Gasteiger partial charge in [-0.05, 0) is 54.1 Å². The van der Waals surface area contributed by atoms with Gasteiger partial charge in [-0.1, -0.05) is 0 Å². The maximum atomic E-state index is 12.6. The second-order valence-electron chi connectivity index (χ2n) is 5.07. The molecule has 0 radical (unpaired) electrons. The van der Waals surface area contributed by atoms with E-state index in [4.69, 9.17) is 5.73 Å². The first-order chi connectivity index (χ1) is 11.4. The maximum absolute atomic E-state index is 12.6. The second-order valence-corrected chi connectivity index (χ2v) is 5.07. The molecule has 0 bridgehead atoms. The van der Waals surface area contributed by atoms with Crippen molar-refractivity contribution in [1.29, 1.82) is 0 Å². The summed E-state index contributed by atoms with van der Waals surface area (Å²) in [5.74, 6) is 0.889. The number of aromatic nitrogens is 2. The Bertz CT molecular complexity index is 845. The molecule has 0 aliphatic heterocycles. The van der Waals surface area contributed by atoms with E-state index in [2.05, 4.69) is 15.3 Å². The van der Waals surface area contributed by atoms with Gasteiger partial charge < -0.3 is 11.1 Å². The molecule has 0 aliphatic carbocycles. The highest BCUT2D eigenvalue weighted by atomic mass is 19.4. The van der Waals surface area contributed by atoms with Gasteiger partial charge in [0, 0.05) is 23.6 Å². The van der Waals surface area contributed by atoms with Gasteiger partial charge in [0.25, 0.3) is 0 Å². The van der Waals surface area contributed by atoms with E-state index < -0.39 is 11.7 Å². The summed E-state index contributed by atoms with van der Waals surface area (Å²) in [6.45, 7) is 0. The predicted octanol–water partition coefficient (Wildman–Crippen LogP) is 4.49. The molecule has 3 N–H and O–H groups in total. The lowest BCUT2D eigenvalue weighted by Crippen LogP contribution is -2.04. The molecule has 7 heteroatoms. The summed E-state index contributed by atoms with van der Waals surface area (Å²) in [5, 5.41) is 3.03. The van der Waals surface area contributed by atoms with Crippen LogP contribution in [-0.4, -0.2) is 9.97 Å². The normalized spacial score (nSPS) is 11.3. The molecule has 122 valence electrons. The topological polar surface area (TPSA) is 63.8 Å². The van der Waals surface area contributed by atoms with E-state index in [0.717, 1.165) is 23.3 Å². The summed E-state index contributed by atoms with van der Waals surface area (Å²) in [4.78, 5) is 8.20. The Morgan fingerprint density at radius 1 is 0.917 bits per heavy atom. The van der Waals surface area contributed by atoms with Crippen molar-refractivity contribution in [2.24, 2.45) is 0 Å². The van der Waals surface area contributed by atoms with Crippen molar-refractivity contribution >= 4 is 17.3 Å². The van der Waals surface area contributed by atoms with Crippen molar-refractivity contribution in [3.63, 3.8) is 0 Å². The maximum Gasteiger partial charge on any atom is 0.416 e. The fraction of sp³-hybridized carbons (Fsp3) is 0.0588. The van der Waals surface area contributed by atoms with Crippen LogP contribution in [0.4, 0.5) is 30.5 Å². The number of hydrogen-bond acceptors (Lipinski definition) is 4. The zero-order valence-electron chi connectivity index (χ0n) is 12.4. The van der Waals surface area contributed by atoms with Crippen LogP contribution in [-0.2, 0) is 6.18 Å². The summed E-state index contributed by atoms with van der Waals surface area (Å²) < 4.78 is 37.9. The van der Waals surface area contributed by atoms with Crippen molar-refractivity contribution < 1.29 is 13.2 Å². The molecule has 0 saturated carbocycles. The lowest BCUT2D eigenvalue weighted by atomic mass is 10.1. The average Bonchev–Trinajstić information content (AvgIpc) is 2.55. The molecule has 3 aromatic rings. The number of nitrogen functional groups attached to an aromatic ring is 1. The molecule has 1 aromatic carbocycles. The van der Waals surface area contributed by atoms with Crippen LogP contribution in [0.25, 0.3) is 11.1 Å². The molecule has 0 unspecified atom stereocenters. The molecule has 3 rings (SSSR count). The Kier molecular flexibility index (Phi) is 4.07. The third kappa shape index (κ3) is 3.45. The van der Waals surface area contributed by atoms with Crippen LogP contribution >= 0.6 is 0 Å². The smallest absolute Gasteiger partial charge is 0.384 e. The predicted molar refractivity (Wildman–Crippen MR) is 86.6 cm³/mol. The standard InChI is InChI=1S/C17H13F3N4/c18-17(19,20)12-3-5-13(6-4-12)24-16-14(2-1-8-23-16)11-7-9-22-15(21)10-11/h1-10H,(H2,21,22)(H,23,24). The Morgan fingerprint density at radius 3 is 2.33 bits per heavy atom. The van der Waals surface area contributed by atoms with Crippen LogP contribution in [0.2, 0.25) is 0 Å².